The number of primary amides is 1. The Morgan fingerprint density at radius 1 is 1.57 bits per heavy atom. The number of amides is 1. The molecule has 0 saturated heterocycles. The molecule has 0 unspecified atom stereocenters. The summed E-state index contributed by atoms with van der Waals surface area (Å²) < 4.78 is 0. The first-order chi connectivity index (χ1) is 2.94. The zero-order valence-corrected chi connectivity index (χ0v) is 4.39. The van der Waals surface area contributed by atoms with Gasteiger partial charge in [0.15, 0.2) is 5.60 Å². The Morgan fingerprint density at radius 2 is 1.71 bits per heavy atom. The van der Waals surface area contributed by atoms with Crippen LogP contribution in [0.25, 0.3) is 0 Å². The lowest BCUT2D eigenvalue weighted by Gasteiger charge is -2.05. The Labute approximate surface area is 42.1 Å². The Hall–Kier alpha value is -0.570. The molecule has 0 atom stereocenters. The molecule has 1 amide bonds. The number of hydrogen-bond donors (Lipinski definition) is 1. The highest BCUT2D eigenvalue weighted by Gasteiger charge is 2.21. The van der Waals surface area contributed by atoms with Gasteiger partial charge in [0.05, 0.1) is 0 Å². The summed E-state index contributed by atoms with van der Waals surface area (Å²) in [6.45, 7) is 2.46. The van der Waals surface area contributed by atoms with E-state index in [1.165, 1.54) is 13.8 Å². The van der Waals surface area contributed by atoms with Gasteiger partial charge in [-0.1, -0.05) is 0 Å². The lowest BCUT2D eigenvalue weighted by atomic mass is 10.1. The largest absolute Gasteiger partial charge is 0.367 e. The third kappa shape index (κ3) is 2.17. The van der Waals surface area contributed by atoms with Gasteiger partial charge >= 0.3 is 0 Å². The van der Waals surface area contributed by atoms with Crippen LogP contribution in [0.15, 0.2) is 0 Å². The Morgan fingerprint density at radius 3 is 1.71 bits per heavy atom. The van der Waals surface area contributed by atoms with Crippen LogP contribution in [-0.2, 0) is 9.90 Å². The van der Waals surface area contributed by atoms with Crippen molar-refractivity contribution in [2.75, 3.05) is 0 Å². The highest BCUT2D eigenvalue weighted by molar-refractivity contribution is 5.81. The molecule has 0 rings (SSSR count). The van der Waals surface area contributed by atoms with Gasteiger partial charge in [-0.2, -0.15) is 0 Å². The molecular weight excluding hydrogens is 94.0 g/mol. The third-order valence-corrected chi connectivity index (χ3v) is 0.593. The predicted octanol–water partition coefficient (Wildman–Crippen LogP) is -0.319. The van der Waals surface area contributed by atoms with Crippen LogP contribution in [0.1, 0.15) is 13.8 Å². The highest BCUT2D eigenvalue weighted by Crippen LogP contribution is 1.97. The maximum Gasteiger partial charge on any atom is 0.252 e. The van der Waals surface area contributed by atoms with Crippen LogP contribution in [0.3, 0.4) is 0 Å². The molecule has 0 bridgehead atoms. The van der Waals surface area contributed by atoms with Crippen molar-refractivity contribution >= 4 is 5.91 Å². The zero-order valence-electron chi connectivity index (χ0n) is 4.39. The Balaban J connectivity index is 3.79. The standard InChI is InChI=1S/C4H8NO2/c1-4(2,7)3(5)6/h1-2H3,(H2,5,6). The number of rotatable bonds is 1. The molecule has 0 saturated carbocycles. The molecule has 0 aliphatic heterocycles. The van der Waals surface area contributed by atoms with E-state index in [1.807, 2.05) is 0 Å². The summed E-state index contributed by atoms with van der Waals surface area (Å²) in [5, 5.41) is 10.3. The van der Waals surface area contributed by atoms with Crippen LogP contribution < -0.4 is 5.73 Å². The van der Waals surface area contributed by atoms with E-state index in [0.717, 1.165) is 0 Å². The number of hydrogen-bond acceptors (Lipinski definition) is 1. The third-order valence-electron chi connectivity index (χ3n) is 0.593. The second-order valence-electron chi connectivity index (χ2n) is 1.87. The molecule has 41 valence electrons. The van der Waals surface area contributed by atoms with Crippen LogP contribution in [-0.4, -0.2) is 11.5 Å². The zero-order chi connectivity index (χ0) is 6.08. The molecule has 0 aliphatic rings. The molecule has 0 aliphatic carbocycles. The summed E-state index contributed by atoms with van der Waals surface area (Å²) in [4.78, 5) is 9.93. The van der Waals surface area contributed by atoms with Gasteiger partial charge in [0.1, 0.15) is 0 Å². The highest BCUT2D eigenvalue weighted by atomic mass is 16.3. The van der Waals surface area contributed by atoms with Crippen molar-refractivity contribution in [3.63, 3.8) is 0 Å². The first-order valence-electron chi connectivity index (χ1n) is 1.95. The van der Waals surface area contributed by atoms with Crippen LogP contribution in [0, 0.1) is 0 Å². The smallest absolute Gasteiger partial charge is 0.252 e. The SMILES string of the molecule is CC(C)([O])C(N)=O. The van der Waals surface area contributed by atoms with E-state index >= 15 is 0 Å². The summed E-state index contributed by atoms with van der Waals surface area (Å²) in [6, 6.07) is 0. The maximum atomic E-state index is 10.3. The van der Waals surface area contributed by atoms with Crippen molar-refractivity contribution in [1.29, 1.82) is 0 Å². The van der Waals surface area contributed by atoms with E-state index in [1.54, 1.807) is 0 Å². The van der Waals surface area contributed by atoms with Gasteiger partial charge in [0, 0.05) is 0 Å². The van der Waals surface area contributed by atoms with Gasteiger partial charge in [-0.25, -0.2) is 5.11 Å². The molecule has 0 aromatic heterocycles. The molecule has 3 nitrogen and oxygen atoms in total. The topological polar surface area (TPSA) is 63.0 Å². The van der Waals surface area contributed by atoms with Gasteiger partial charge in [-0.3, -0.25) is 4.79 Å². The van der Waals surface area contributed by atoms with E-state index in [4.69, 9.17) is 0 Å². The van der Waals surface area contributed by atoms with Crippen LogP contribution in [0.4, 0.5) is 0 Å². The lowest BCUT2D eigenvalue weighted by Crippen LogP contribution is -2.36. The van der Waals surface area contributed by atoms with Crippen LogP contribution >= 0.6 is 0 Å². The minimum Gasteiger partial charge on any atom is -0.367 e. The van der Waals surface area contributed by atoms with Crippen molar-refractivity contribution in [2.45, 2.75) is 19.4 Å². The van der Waals surface area contributed by atoms with Crippen LogP contribution in [0.5, 0.6) is 0 Å². The van der Waals surface area contributed by atoms with Crippen molar-refractivity contribution in [1.82, 2.24) is 0 Å². The average molecular weight is 102 g/mol. The number of carbonyl (C=O) groups is 1. The summed E-state index contributed by atoms with van der Waals surface area (Å²) in [7, 11) is 0. The monoisotopic (exact) mass is 102 g/mol. The molecule has 7 heavy (non-hydrogen) atoms. The number of nitrogens with two attached hydrogens (primary N) is 1. The first-order valence-corrected chi connectivity index (χ1v) is 1.95. The normalized spacial score (nSPS) is 11.3. The molecule has 1 radical (unpaired) electrons. The minimum atomic E-state index is -1.61. The van der Waals surface area contributed by atoms with E-state index < -0.39 is 11.5 Å². The maximum absolute atomic E-state index is 10.3. The van der Waals surface area contributed by atoms with E-state index in [-0.39, 0.29) is 0 Å². The minimum absolute atomic E-state index is 0.812. The van der Waals surface area contributed by atoms with E-state index in [2.05, 4.69) is 5.73 Å². The molecule has 3 heteroatoms. The van der Waals surface area contributed by atoms with Crippen LogP contribution in [0.2, 0.25) is 0 Å². The van der Waals surface area contributed by atoms with Gasteiger partial charge in [0.25, 0.3) is 5.91 Å². The Bertz CT molecular complexity index is 82.2. The van der Waals surface area contributed by atoms with Gasteiger partial charge in [-0.15, -0.1) is 0 Å². The van der Waals surface area contributed by atoms with Gasteiger partial charge in [0.2, 0.25) is 0 Å². The molecular formula is C4H8NO2. The summed E-state index contributed by atoms with van der Waals surface area (Å²) in [5.41, 5.74) is 3.01. The molecule has 0 heterocycles. The fraction of sp³-hybridized carbons (Fsp3) is 0.750. The first kappa shape index (κ1) is 6.43. The average Bonchev–Trinajstić information content (AvgIpc) is 1.31. The molecule has 2 N–H and O–H groups in total. The van der Waals surface area contributed by atoms with Gasteiger partial charge < -0.3 is 5.73 Å². The lowest BCUT2D eigenvalue weighted by molar-refractivity contribution is -0.138. The molecule has 0 aromatic rings. The summed E-state index contributed by atoms with van der Waals surface area (Å²) >= 11 is 0. The van der Waals surface area contributed by atoms with E-state index in [9.17, 15) is 9.90 Å². The fourth-order valence-electron chi connectivity index (χ4n) is 0. The van der Waals surface area contributed by atoms with E-state index in [0.29, 0.717) is 0 Å². The van der Waals surface area contributed by atoms with Crippen molar-refractivity contribution < 1.29 is 9.90 Å². The second kappa shape index (κ2) is 1.50. The molecule has 0 aromatic carbocycles. The van der Waals surface area contributed by atoms with Crippen molar-refractivity contribution in [2.24, 2.45) is 5.73 Å². The van der Waals surface area contributed by atoms with Crippen molar-refractivity contribution in [3.05, 3.63) is 0 Å². The Kier molecular flexibility index (Phi) is 1.38. The predicted molar refractivity (Wildman–Crippen MR) is 24.0 cm³/mol. The summed E-state index contributed by atoms with van der Waals surface area (Å²) in [5.74, 6) is -0.812. The molecule has 0 spiro atoms. The second-order valence-corrected chi connectivity index (χ2v) is 1.87. The molecule has 0 fully saturated rings. The quantitative estimate of drug-likeness (QED) is 0.484. The van der Waals surface area contributed by atoms with Gasteiger partial charge in [-0.05, 0) is 13.8 Å². The fourth-order valence-corrected chi connectivity index (χ4v) is 0. The number of carbonyl (C=O) groups excluding carboxylic acids is 1. The van der Waals surface area contributed by atoms with Crippen molar-refractivity contribution in [3.8, 4) is 0 Å². The summed E-state index contributed by atoms with van der Waals surface area (Å²) in [6.07, 6.45) is 0.